The van der Waals surface area contributed by atoms with Crippen molar-refractivity contribution in [2.45, 2.75) is 19.3 Å². The van der Waals surface area contributed by atoms with Crippen molar-refractivity contribution in [3.8, 4) is 0 Å². The Hall–Kier alpha value is -2.54. The minimum absolute atomic E-state index is 1.11. The molecule has 0 fully saturated rings. The van der Waals surface area contributed by atoms with Gasteiger partial charge in [0.15, 0.2) is 0 Å². The maximum Gasteiger partial charge on any atom is 0.0497 e. The van der Waals surface area contributed by atoms with Crippen LogP contribution >= 0.6 is 0 Å². The largest absolute Gasteiger partial charge is 0.354 e. The zero-order valence-electron chi connectivity index (χ0n) is 12.5. The number of nitrogens with one attached hydrogen (secondary N) is 1. The molecule has 0 unspecified atom stereocenters. The standard InChI is InChI=1S/C21H19N/c1-2-8-16(9-3-1)10-6-11-17-12-7-14-19-18-13-4-5-15-20(18)22-21(17)19/h1-5,7-9,12-15,22H,6,10-11H2. The first-order valence-corrected chi connectivity index (χ1v) is 7.94. The van der Waals surface area contributed by atoms with Gasteiger partial charge in [-0.25, -0.2) is 0 Å². The summed E-state index contributed by atoms with van der Waals surface area (Å²) in [4.78, 5) is 3.60. The fraction of sp³-hybridized carbons (Fsp3) is 0.143. The van der Waals surface area contributed by atoms with Crippen LogP contribution < -0.4 is 0 Å². The topological polar surface area (TPSA) is 15.8 Å². The number of rotatable bonds is 4. The van der Waals surface area contributed by atoms with Gasteiger partial charge in [-0.05, 0) is 36.5 Å². The lowest BCUT2D eigenvalue weighted by atomic mass is 10.0. The summed E-state index contributed by atoms with van der Waals surface area (Å²) in [6.07, 6.45) is 3.43. The second-order valence-electron chi connectivity index (χ2n) is 5.85. The molecule has 4 rings (SSSR count). The number of aromatic nitrogens is 1. The normalized spacial score (nSPS) is 11.3. The average Bonchev–Trinajstić information content (AvgIpc) is 2.96. The van der Waals surface area contributed by atoms with E-state index in [4.69, 9.17) is 0 Å². The molecular weight excluding hydrogens is 266 g/mol. The van der Waals surface area contributed by atoms with Crippen molar-refractivity contribution in [3.05, 3.63) is 83.9 Å². The van der Waals surface area contributed by atoms with Gasteiger partial charge in [-0.1, -0.05) is 66.7 Å². The maximum atomic E-state index is 3.60. The SMILES string of the molecule is c1ccc(CCCc2cccc3c2[nH]c2ccccc23)cc1. The van der Waals surface area contributed by atoms with E-state index in [9.17, 15) is 0 Å². The van der Waals surface area contributed by atoms with Gasteiger partial charge in [-0.3, -0.25) is 0 Å². The Balaban J connectivity index is 1.61. The van der Waals surface area contributed by atoms with Crippen LogP contribution in [0.1, 0.15) is 17.5 Å². The van der Waals surface area contributed by atoms with Crippen LogP contribution in [0.2, 0.25) is 0 Å². The highest BCUT2D eigenvalue weighted by molar-refractivity contribution is 6.08. The molecule has 0 spiro atoms. The second-order valence-corrected chi connectivity index (χ2v) is 5.85. The lowest BCUT2D eigenvalue weighted by Crippen LogP contribution is -1.91. The van der Waals surface area contributed by atoms with E-state index < -0.39 is 0 Å². The summed E-state index contributed by atoms with van der Waals surface area (Å²) in [7, 11) is 0. The van der Waals surface area contributed by atoms with Crippen LogP contribution in [-0.2, 0) is 12.8 Å². The molecule has 0 saturated heterocycles. The van der Waals surface area contributed by atoms with E-state index in [1.165, 1.54) is 39.4 Å². The predicted octanol–water partition coefficient (Wildman–Crippen LogP) is 5.50. The molecule has 0 radical (unpaired) electrons. The summed E-state index contributed by atoms with van der Waals surface area (Å²) >= 11 is 0. The molecule has 1 heterocycles. The Kier molecular flexibility index (Phi) is 3.40. The minimum atomic E-state index is 1.11. The summed E-state index contributed by atoms with van der Waals surface area (Å²) in [5.74, 6) is 0. The fourth-order valence-electron chi connectivity index (χ4n) is 3.27. The van der Waals surface area contributed by atoms with Crippen LogP contribution in [0.4, 0.5) is 0 Å². The molecule has 108 valence electrons. The first kappa shape index (κ1) is 13.1. The molecule has 0 amide bonds. The molecule has 0 aliphatic carbocycles. The third-order valence-corrected chi connectivity index (χ3v) is 4.38. The summed E-state index contributed by atoms with van der Waals surface area (Å²) in [5.41, 5.74) is 5.38. The first-order chi connectivity index (χ1) is 10.9. The molecule has 0 bridgehead atoms. The van der Waals surface area contributed by atoms with Crippen LogP contribution in [0, 0.1) is 0 Å². The summed E-state index contributed by atoms with van der Waals surface area (Å²) in [6.45, 7) is 0. The van der Waals surface area contributed by atoms with E-state index >= 15 is 0 Å². The molecule has 22 heavy (non-hydrogen) atoms. The third-order valence-electron chi connectivity index (χ3n) is 4.38. The minimum Gasteiger partial charge on any atom is -0.354 e. The van der Waals surface area contributed by atoms with Crippen molar-refractivity contribution in [2.24, 2.45) is 0 Å². The molecule has 1 N–H and O–H groups in total. The second kappa shape index (κ2) is 5.69. The number of hydrogen-bond acceptors (Lipinski definition) is 0. The highest BCUT2D eigenvalue weighted by Crippen LogP contribution is 2.28. The molecule has 1 heteroatoms. The molecule has 1 aromatic heterocycles. The number of H-pyrrole nitrogens is 1. The molecule has 0 aliphatic rings. The van der Waals surface area contributed by atoms with Crippen molar-refractivity contribution in [1.82, 2.24) is 4.98 Å². The summed E-state index contributed by atoms with van der Waals surface area (Å²) in [5, 5.41) is 2.66. The average molecular weight is 285 g/mol. The number of benzene rings is 3. The van der Waals surface area contributed by atoms with Gasteiger partial charge >= 0.3 is 0 Å². The smallest absolute Gasteiger partial charge is 0.0497 e. The van der Waals surface area contributed by atoms with Crippen molar-refractivity contribution in [2.75, 3.05) is 0 Å². The van der Waals surface area contributed by atoms with Gasteiger partial charge in [-0.15, -0.1) is 0 Å². The summed E-state index contributed by atoms with van der Waals surface area (Å²) < 4.78 is 0. The van der Waals surface area contributed by atoms with Crippen molar-refractivity contribution < 1.29 is 0 Å². The first-order valence-electron chi connectivity index (χ1n) is 7.94. The Labute approximate surface area is 130 Å². The summed E-state index contributed by atoms with van der Waals surface area (Å²) in [6, 6.07) is 25.9. The highest BCUT2D eigenvalue weighted by atomic mass is 14.7. The number of para-hydroxylation sites is 2. The van der Waals surface area contributed by atoms with Gasteiger partial charge in [-0.2, -0.15) is 0 Å². The molecule has 4 aromatic rings. The van der Waals surface area contributed by atoms with Crippen molar-refractivity contribution >= 4 is 21.8 Å². The van der Waals surface area contributed by atoms with Crippen LogP contribution in [0.15, 0.2) is 72.8 Å². The van der Waals surface area contributed by atoms with E-state index in [1.807, 2.05) is 0 Å². The van der Waals surface area contributed by atoms with Gasteiger partial charge in [0.1, 0.15) is 0 Å². The molecule has 0 saturated carbocycles. The zero-order chi connectivity index (χ0) is 14.8. The Morgan fingerprint density at radius 3 is 2.32 bits per heavy atom. The Bertz CT molecular complexity index is 903. The quantitative estimate of drug-likeness (QED) is 0.510. The number of aryl methyl sites for hydroxylation is 2. The third kappa shape index (κ3) is 2.39. The van der Waals surface area contributed by atoms with Crippen LogP contribution in [-0.4, -0.2) is 4.98 Å². The zero-order valence-corrected chi connectivity index (χ0v) is 12.5. The molecular formula is C21H19N. The number of hydrogen-bond donors (Lipinski definition) is 1. The molecule has 0 aliphatic heterocycles. The Morgan fingerprint density at radius 1 is 0.636 bits per heavy atom. The van der Waals surface area contributed by atoms with Gasteiger partial charge < -0.3 is 4.98 Å². The van der Waals surface area contributed by atoms with E-state index in [0.717, 1.165) is 12.8 Å². The van der Waals surface area contributed by atoms with Crippen LogP contribution in [0.5, 0.6) is 0 Å². The lowest BCUT2D eigenvalue weighted by Gasteiger charge is -2.04. The molecule has 3 aromatic carbocycles. The fourth-order valence-corrected chi connectivity index (χ4v) is 3.27. The number of fused-ring (bicyclic) bond motifs is 3. The Morgan fingerprint density at radius 2 is 1.41 bits per heavy atom. The van der Waals surface area contributed by atoms with E-state index in [-0.39, 0.29) is 0 Å². The van der Waals surface area contributed by atoms with Gasteiger partial charge in [0.25, 0.3) is 0 Å². The van der Waals surface area contributed by atoms with E-state index in [2.05, 4.69) is 77.8 Å². The van der Waals surface area contributed by atoms with Crippen LogP contribution in [0.25, 0.3) is 21.8 Å². The van der Waals surface area contributed by atoms with E-state index in [1.54, 1.807) is 0 Å². The van der Waals surface area contributed by atoms with E-state index in [0.29, 0.717) is 0 Å². The van der Waals surface area contributed by atoms with Crippen molar-refractivity contribution in [3.63, 3.8) is 0 Å². The van der Waals surface area contributed by atoms with Gasteiger partial charge in [0.2, 0.25) is 0 Å². The number of aromatic amines is 1. The highest BCUT2D eigenvalue weighted by Gasteiger charge is 2.07. The van der Waals surface area contributed by atoms with Gasteiger partial charge in [0, 0.05) is 21.8 Å². The van der Waals surface area contributed by atoms with Gasteiger partial charge in [0.05, 0.1) is 0 Å². The lowest BCUT2D eigenvalue weighted by molar-refractivity contribution is 0.824. The predicted molar refractivity (Wildman–Crippen MR) is 94.3 cm³/mol. The molecule has 0 atom stereocenters. The van der Waals surface area contributed by atoms with Crippen LogP contribution in [0.3, 0.4) is 0 Å². The van der Waals surface area contributed by atoms with Crippen molar-refractivity contribution in [1.29, 1.82) is 0 Å². The maximum absolute atomic E-state index is 3.60. The monoisotopic (exact) mass is 285 g/mol. The molecule has 1 nitrogen and oxygen atoms in total.